The molecule has 2 rings (SSSR count). The number of likely N-dealkylation sites (tertiary alicyclic amines) is 1. The molecule has 0 bridgehead atoms. The molecule has 1 aromatic heterocycles. The highest BCUT2D eigenvalue weighted by Gasteiger charge is 2.17. The second-order valence-corrected chi connectivity index (χ2v) is 5.35. The van der Waals surface area contributed by atoms with Gasteiger partial charge in [0.25, 0.3) is 0 Å². The Morgan fingerprint density at radius 1 is 1.37 bits per heavy atom. The molecule has 0 atom stereocenters. The lowest BCUT2D eigenvalue weighted by atomic mass is 10.1. The minimum Gasteiger partial charge on any atom is -0.341 e. The number of rotatable bonds is 5. The minimum atomic E-state index is 0.313. The Bertz CT molecular complexity index is 433. The predicted octanol–water partition coefficient (Wildman–Crippen LogP) is 1.83. The summed E-state index contributed by atoms with van der Waals surface area (Å²) < 4.78 is 0. The van der Waals surface area contributed by atoms with Crippen molar-refractivity contribution in [2.75, 3.05) is 26.7 Å². The van der Waals surface area contributed by atoms with E-state index in [0.717, 1.165) is 56.8 Å². The van der Waals surface area contributed by atoms with Crippen LogP contribution in [-0.4, -0.2) is 47.4 Å². The first-order valence-corrected chi connectivity index (χ1v) is 7.04. The number of amides is 1. The number of likely N-dealkylation sites (N-methyl/N-ethyl adjacent to an activating group) is 1. The Labute approximate surface area is 115 Å². The fraction of sp³-hybridized carbons (Fsp3) is 0.600. The molecule has 1 saturated heterocycles. The molecule has 0 aliphatic carbocycles. The van der Waals surface area contributed by atoms with Crippen molar-refractivity contribution in [2.45, 2.75) is 32.7 Å². The van der Waals surface area contributed by atoms with Crippen LogP contribution >= 0.6 is 0 Å². The second-order valence-electron chi connectivity index (χ2n) is 5.35. The maximum absolute atomic E-state index is 11.7. The zero-order chi connectivity index (χ0) is 13.7. The van der Waals surface area contributed by atoms with Crippen molar-refractivity contribution in [3.8, 4) is 0 Å². The molecule has 0 aromatic carbocycles. The zero-order valence-electron chi connectivity index (χ0n) is 11.9. The summed E-state index contributed by atoms with van der Waals surface area (Å²) >= 11 is 0. The van der Waals surface area contributed by atoms with Crippen LogP contribution in [0.2, 0.25) is 0 Å². The van der Waals surface area contributed by atoms with Crippen LogP contribution < -0.4 is 0 Å². The van der Waals surface area contributed by atoms with E-state index in [9.17, 15) is 4.79 Å². The number of pyridine rings is 1. The van der Waals surface area contributed by atoms with Crippen molar-refractivity contribution < 1.29 is 4.79 Å². The maximum atomic E-state index is 11.7. The molecule has 0 N–H and O–H groups in total. The van der Waals surface area contributed by atoms with Crippen LogP contribution in [0.3, 0.4) is 0 Å². The maximum Gasteiger partial charge on any atom is 0.222 e. The normalized spacial score (nSPS) is 16.2. The highest BCUT2D eigenvalue weighted by Crippen LogP contribution is 2.10. The third-order valence-corrected chi connectivity index (χ3v) is 3.55. The summed E-state index contributed by atoms with van der Waals surface area (Å²) in [6.07, 6.45) is 2.93. The zero-order valence-corrected chi connectivity index (χ0v) is 11.9. The number of piperidine rings is 1. The van der Waals surface area contributed by atoms with Crippen LogP contribution in [0.15, 0.2) is 18.2 Å². The molecule has 0 spiro atoms. The summed E-state index contributed by atoms with van der Waals surface area (Å²) in [5.74, 6) is 0.313. The fourth-order valence-electron chi connectivity index (χ4n) is 2.43. The number of hydrogen-bond donors (Lipinski definition) is 0. The van der Waals surface area contributed by atoms with E-state index >= 15 is 0 Å². The quantitative estimate of drug-likeness (QED) is 0.811. The summed E-state index contributed by atoms with van der Waals surface area (Å²) in [5.41, 5.74) is 2.14. The summed E-state index contributed by atoms with van der Waals surface area (Å²) in [5, 5.41) is 0. The van der Waals surface area contributed by atoms with Crippen molar-refractivity contribution in [1.29, 1.82) is 0 Å². The molecule has 2 heterocycles. The van der Waals surface area contributed by atoms with Crippen molar-refractivity contribution >= 4 is 5.91 Å². The van der Waals surface area contributed by atoms with Crippen LogP contribution in [0.5, 0.6) is 0 Å². The Hall–Kier alpha value is -1.42. The number of aryl methyl sites for hydroxylation is 1. The first-order valence-electron chi connectivity index (χ1n) is 7.04. The summed E-state index contributed by atoms with van der Waals surface area (Å²) in [4.78, 5) is 20.4. The van der Waals surface area contributed by atoms with Crippen molar-refractivity contribution in [3.63, 3.8) is 0 Å². The number of aromatic nitrogens is 1. The van der Waals surface area contributed by atoms with Gasteiger partial charge in [-0.05, 0) is 38.9 Å². The van der Waals surface area contributed by atoms with Gasteiger partial charge in [-0.3, -0.25) is 14.7 Å². The molecule has 1 aliphatic heterocycles. The van der Waals surface area contributed by atoms with Crippen LogP contribution in [0.1, 0.15) is 30.7 Å². The molecular weight excluding hydrogens is 238 g/mol. The van der Waals surface area contributed by atoms with E-state index in [1.807, 2.05) is 24.0 Å². The standard InChI is InChI=1S/C15H23N3O/c1-13-6-5-7-14(16-13)12-17(2)10-11-18-9-4-3-8-15(18)19/h5-7H,3-4,8-12H2,1-2H3. The molecule has 1 amide bonds. The van der Waals surface area contributed by atoms with E-state index in [0.29, 0.717) is 5.91 Å². The third kappa shape index (κ3) is 4.31. The van der Waals surface area contributed by atoms with Gasteiger partial charge in [0.15, 0.2) is 0 Å². The van der Waals surface area contributed by atoms with Gasteiger partial charge in [-0.15, -0.1) is 0 Å². The minimum absolute atomic E-state index is 0.313. The highest BCUT2D eigenvalue weighted by molar-refractivity contribution is 5.76. The molecule has 0 saturated carbocycles. The molecule has 0 unspecified atom stereocenters. The summed E-state index contributed by atoms with van der Waals surface area (Å²) in [7, 11) is 2.08. The van der Waals surface area contributed by atoms with Crippen LogP contribution in [0.4, 0.5) is 0 Å². The predicted molar refractivity (Wildman–Crippen MR) is 75.7 cm³/mol. The number of nitrogens with zero attached hydrogens (tertiary/aromatic N) is 3. The van der Waals surface area contributed by atoms with E-state index in [2.05, 4.69) is 23.0 Å². The SMILES string of the molecule is Cc1cccc(CN(C)CCN2CCCCC2=O)n1. The van der Waals surface area contributed by atoms with E-state index in [1.54, 1.807) is 0 Å². The Balaban J connectivity index is 1.78. The summed E-state index contributed by atoms with van der Waals surface area (Å²) in [6, 6.07) is 6.10. The van der Waals surface area contributed by atoms with Gasteiger partial charge in [0.05, 0.1) is 5.69 Å². The number of carbonyl (C=O) groups is 1. The average Bonchev–Trinajstić information content (AvgIpc) is 2.38. The van der Waals surface area contributed by atoms with Crippen LogP contribution in [-0.2, 0) is 11.3 Å². The Kier molecular flexibility index (Phi) is 4.91. The van der Waals surface area contributed by atoms with Crippen molar-refractivity contribution in [2.24, 2.45) is 0 Å². The highest BCUT2D eigenvalue weighted by atomic mass is 16.2. The lowest BCUT2D eigenvalue weighted by molar-refractivity contribution is -0.133. The smallest absolute Gasteiger partial charge is 0.222 e. The molecule has 4 nitrogen and oxygen atoms in total. The van der Waals surface area contributed by atoms with E-state index in [1.165, 1.54) is 0 Å². The summed E-state index contributed by atoms with van der Waals surface area (Å²) in [6.45, 7) is 5.51. The lowest BCUT2D eigenvalue weighted by Crippen LogP contribution is -2.40. The van der Waals surface area contributed by atoms with Crippen LogP contribution in [0.25, 0.3) is 0 Å². The number of hydrogen-bond acceptors (Lipinski definition) is 3. The van der Waals surface area contributed by atoms with E-state index < -0.39 is 0 Å². The molecule has 4 heteroatoms. The van der Waals surface area contributed by atoms with Gasteiger partial charge >= 0.3 is 0 Å². The van der Waals surface area contributed by atoms with Gasteiger partial charge in [-0.2, -0.15) is 0 Å². The van der Waals surface area contributed by atoms with E-state index in [4.69, 9.17) is 0 Å². The third-order valence-electron chi connectivity index (χ3n) is 3.55. The number of carbonyl (C=O) groups excluding carboxylic acids is 1. The molecule has 0 radical (unpaired) electrons. The van der Waals surface area contributed by atoms with E-state index in [-0.39, 0.29) is 0 Å². The van der Waals surface area contributed by atoms with Crippen molar-refractivity contribution in [1.82, 2.24) is 14.8 Å². The average molecular weight is 261 g/mol. The van der Waals surface area contributed by atoms with Gasteiger partial charge in [-0.25, -0.2) is 0 Å². The Morgan fingerprint density at radius 2 is 2.21 bits per heavy atom. The largest absolute Gasteiger partial charge is 0.341 e. The molecule has 1 fully saturated rings. The molecular formula is C15H23N3O. The molecule has 1 aromatic rings. The first-order chi connectivity index (χ1) is 9.15. The van der Waals surface area contributed by atoms with Crippen molar-refractivity contribution in [3.05, 3.63) is 29.6 Å². The molecule has 104 valence electrons. The monoisotopic (exact) mass is 261 g/mol. The topological polar surface area (TPSA) is 36.4 Å². The van der Waals surface area contributed by atoms with Gasteiger partial charge in [0.2, 0.25) is 5.91 Å². The fourth-order valence-corrected chi connectivity index (χ4v) is 2.43. The first kappa shape index (κ1) is 14.0. The van der Waals surface area contributed by atoms with Crippen LogP contribution in [0, 0.1) is 6.92 Å². The second kappa shape index (κ2) is 6.66. The molecule has 1 aliphatic rings. The van der Waals surface area contributed by atoms with Gasteiger partial charge < -0.3 is 4.90 Å². The lowest BCUT2D eigenvalue weighted by Gasteiger charge is -2.28. The van der Waals surface area contributed by atoms with Gasteiger partial charge in [-0.1, -0.05) is 6.07 Å². The van der Waals surface area contributed by atoms with Gasteiger partial charge in [0, 0.05) is 38.3 Å². The van der Waals surface area contributed by atoms with Gasteiger partial charge in [0.1, 0.15) is 0 Å². The Morgan fingerprint density at radius 3 is 2.95 bits per heavy atom. The molecule has 19 heavy (non-hydrogen) atoms.